The van der Waals surface area contributed by atoms with E-state index in [0.717, 1.165) is 6.07 Å². The van der Waals surface area contributed by atoms with E-state index in [1.54, 1.807) is 0 Å². The van der Waals surface area contributed by atoms with Crippen LogP contribution in [0.15, 0.2) is 36.4 Å². The van der Waals surface area contributed by atoms with Crippen LogP contribution in [0, 0.1) is 10.1 Å². The number of nitrogens with zero attached hydrogens (tertiary/aromatic N) is 1. The second-order valence-electron chi connectivity index (χ2n) is 5.26. The van der Waals surface area contributed by atoms with Crippen molar-refractivity contribution in [2.45, 2.75) is 0 Å². The summed E-state index contributed by atoms with van der Waals surface area (Å²) >= 11 is 11.7. The molecule has 8 nitrogen and oxygen atoms in total. The number of non-ortho nitro benzene ring substituents is 1. The molecule has 0 aliphatic carbocycles. The summed E-state index contributed by atoms with van der Waals surface area (Å²) < 4.78 is 4.98. The average molecular weight is 413 g/mol. The third kappa shape index (κ3) is 5.40. The fraction of sp³-hybridized carbons (Fsp3) is 0.176. The van der Waals surface area contributed by atoms with E-state index in [1.807, 2.05) is 0 Å². The van der Waals surface area contributed by atoms with Crippen LogP contribution in [0.1, 0.15) is 20.7 Å². The summed E-state index contributed by atoms with van der Waals surface area (Å²) in [5, 5.41) is 23.0. The number of benzene rings is 2. The monoisotopic (exact) mass is 412 g/mol. The minimum absolute atomic E-state index is 0.115. The van der Waals surface area contributed by atoms with E-state index in [-0.39, 0.29) is 40.7 Å². The maximum Gasteiger partial charge on any atom is 0.340 e. The van der Waals surface area contributed by atoms with Crippen LogP contribution in [-0.4, -0.2) is 41.5 Å². The number of aliphatic hydroxyl groups is 1. The molecule has 2 aromatic rings. The lowest BCUT2D eigenvalue weighted by atomic mass is 10.1. The predicted molar refractivity (Wildman–Crippen MR) is 99.7 cm³/mol. The van der Waals surface area contributed by atoms with E-state index in [9.17, 15) is 19.7 Å². The number of Topliss-reactive ketones (excluding diaryl/α,β-unsaturated/α-hetero) is 1. The fourth-order valence-electron chi connectivity index (χ4n) is 2.16. The van der Waals surface area contributed by atoms with Gasteiger partial charge >= 0.3 is 5.97 Å². The van der Waals surface area contributed by atoms with Gasteiger partial charge in [0.05, 0.1) is 22.1 Å². The van der Waals surface area contributed by atoms with E-state index in [4.69, 9.17) is 33.0 Å². The average Bonchev–Trinajstić information content (AvgIpc) is 2.63. The largest absolute Gasteiger partial charge is 0.454 e. The Hall–Kier alpha value is -2.68. The number of hydrogen-bond donors (Lipinski definition) is 2. The first kappa shape index (κ1) is 20.6. The Labute approximate surface area is 163 Å². The Balaban J connectivity index is 2.17. The first-order valence-corrected chi connectivity index (χ1v) is 8.37. The van der Waals surface area contributed by atoms with Crippen LogP contribution < -0.4 is 5.32 Å². The second kappa shape index (κ2) is 9.31. The molecule has 0 saturated heterocycles. The highest BCUT2D eigenvalue weighted by atomic mass is 35.5. The molecule has 0 fully saturated rings. The van der Waals surface area contributed by atoms with Gasteiger partial charge in [-0.05, 0) is 24.3 Å². The van der Waals surface area contributed by atoms with Gasteiger partial charge in [-0.2, -0.15) is 0 Å². The van der Waals surface area contributed by atoms with Gasteiger partial charge in [-0.25, -0.2) is 4.79 Å². The molecule has 0 heterocycles. The third-order valence-electron chi connectivity index (χ3n) is 3.43. The molecule has 2 aromatic carbocycles. The lowest BCUT2D eigenvalue weighted by molar-refractivity contribution is -0.384. The first-order chi connectivity index (χ1) is 12.8. The molecule has 0 aliphatic rings. The highest BCUT2D eigenvalue weighted by molar-refractivity contribution is 6.36. The van der Waals surface area contributed by atoms with Crippen LogP contribution in [-0.2, 0) is 4.74 Å². The summed E-state index contributed by atoms with van der Waals surface area (Å²) in [6.45, 7) is -0.696. The lowest BCUT2D eigenvalue weighted by Crippen LogP contribution is -2.17. The van der Waals surface area contributed by atoms with Gasteiger partial charge in [0.15, 0.2) is 6.61 Å². The van der Waals surface area contributed by atoms with Crippen LogP contribution in [0.2, 0.25) is 10.0 Å². The molecule has 0 bridgehead atoms. The van der Waals surface area contributed by atoms with Crippen molar-refractivity contribution in [3.63, 3.8) is 0 Å². The zero-order chi connectivity index (χ0) is 20.0. The van der Waals surface area contributed by atoms with Crippen LogP contribution >= 0.6 is 23.2 Å². The highest BCUT2D eigenvalue weighted by Gasteiger charge is 2.20. The number of nitro groups is 1. The molecule has 2 N–H and O–H groups in total. The van der Waals surface area contributed by atoms with E-state index in [0.29, 0.717) is 5.02 Å². The van der Waals surface area contributed by atoms with Gasteiger partial charge in [-0.1, -0.05) is 23.2 Å². The second-order valence-corrected chi connectivity index (χ2v) is 6.10. The van der Waals surface area contributed by atoms with Gasteiger partial charge in [0.25, 0.3) is 5.69 Å². The van der Waals surface area contributed by atoms with Crippen molar-refractivity contribution in [3.05, 3.63) is 67.7 Å². The zero-order valence-corrected chi connectivity index (χ0v) is 15.3. The summed E-state index contributed by atoms with van der Waals surface area (Å²) in [6, 6.07) is 7.82. The lowest BCUT2D eigenvalue weighted by Gasteiger charge is -2.11. The standard InChI is InChI=1S/C17H14Cl2N2O6/c18-10-1-3-12(14(19)7-10)16(23)9-27-17(24)13-8-11(21(25)26)2-4-15(13)20-5-6-22/h1-4,7-8,20,22H,5-6,9H2. The topological polar surface area (TPSA) is 119 Å². The van der Waals surface area contributed by atoms with Crippen molar-refractivity contribution in [2.24, 2.45) is 0 Å². The predicted octanol–water partition coefficient (Wildman–Crippen LogP) is 3.35. The summed E-state index contributed by atoms with van der Waals surface area (Å²) in [6.07, 6.45) is 0. The molecule has 0 amide bonds. The summed E-state index contributed by atoms with van der Waals surface area (Å²) in [7, 11) is 0. The summed E-state index contributed by atoms with van der Waals surface area (Å²) in [5.41, 5.74) is -0.0839. The molecular weight excluding hydrogens is 399 g/mol. The Morgan fingerprint density at radius 3 is 2.52 bits per heavy atom. The molecule has 0 atom stereocenters. The number of ketones is 1. The molecule has 0 spiro atoms. The molecule has 0 unspecified atom stereocenters. The quantitative estimate of drug-likeness (QED) is 0.295. The van der Waals surface area contributed by atoms with Crippen molar-refractivity contribution in [2.75, 3.05) is 25.1 Å². The third-order valence-corrected chi connectivity index (χ3v) is 3.97. The van der Waals surface area contributed by atoms with Gasteiger partial charge in [0.2, 0.25) is 5.78 Å². The van der Waals surface area contributed by atoms with Gasteiger partial charge in [0, 0.05) is 35.0 Å². The van der Waals surface area contributed by atoms with E-state index in [2.05, 4.69) is 5.32 Å². The number of nitrogens with one attached hydrogen (secondary N) is 1. The van der Waals surface area contributed by atoms with Gasteiger partial charge in [-0.3, -0.25) is 14.9 Å². The molecule has 0 aromatic heterocycles. The first-order valence-electron chi connectivity index (χ1n) is 7.62. The van der Waals surface area contributed by atoms with Crippen LogP contribution in [0.5, 0.6) is 0 Å². The number of carbonyl (C=O) groups excluding carboxylic acids is 2. The molecule has 0 radical (unpaired) electrons. The van der Waals surface area contributed by atoms with Crippen LogP contribution in [0.3, 0.4) is 0 Å². The van der Waals surface area contributed by atoms with Crippen molar-refractivity contribution in [1.82, 2.24) is 0 Å². The minimum atomic E-state index is -0.933. The number of carbonyl (C=O) groups is 2. The molecule has 27 heavy (non-hydrogen) atoms. The maximum atomic E-state index is 12.3. The fourth-order valence-corrected chi connectivity index (χ4v) is 2.68. The van der Waals surface area contributed by atoms with E-state index < -0.39 is 23.3 Å². The molecule has 2 rings (SSSR count). The summed E-state index contributed by atoms with van der Waals surface area (Å²) in [5.74, 6) is -1.49. The van der Waals surface area contributed by atoms with Gasteiger partial charge < -0.3 is 15.2 Å². The van der Waals surface area contributed by atoms with E-state index in [1.165, 1.54) is 30.3 Å². The molecular formula is C17H14Cl2N2O6. The molecule has 142 valence electrons. The van der Waals surface area contributed by atoms with Crippen molar-refractivity contribution in [3.8, 4) is 0 Å². The highest BCUT2D eigenvalue weighted by Crippen LogP contribution is 2.24. The number of hydrogen-bond acceptors (Lipinski definition) is 7. The zero-order valence-electron chi connectivity index (χ0n) is 13.8. The molecule has 0 saturated carbocycles. The van der Waals surface area contributed by atoms with Gasteiger partial charge in [0.1, 0.15) is 0 Å². The summed E-state index contributed by atoms with van der Waals surface area (Å²) in [4.78, 5) is 34.8. The van der Waals surface area contributed by atoms with Crippen LogP contribution in [0.25, 0.3) is 0 Å². The van der Waals surface area contributed by atoms with Crippen molar-refractivity contribution in [1.29, 1.82) is 0 Å². The smallest absolute Gasteiger partial charge is 0.340 e. The number of aliphatic hydroxyl groups excluding tert-OH is 1. The van der Waals surface area contributed by atoms with Crippen molar-refractivity contribution < 1.29 is 24.4 Å². The van der Waals surface area contributed by atoms with E-state index >= 15 is 0 Å². The normalized spacial score (nSPS) is 10.3. The minimum Gasteiger partial charge on any atom is -0.454 e. The number of rotatable bonds is 8. The number of esters is 1. The molecule has 0 aliphatic heterocycles. The Bertz CT molecular complexity index is 888. The van der Waals surface area contributed by atoms with Crippen LogP contribution in [0.4, 0.5) is 11.4 Å². The molecule has 10 heteroatoms. The SMILES string of the molecule is O=C(COC(=O)c1cc([N+](=O)[O-])ccc1NCCO)c1ccc(Cl)cc1Cl. The Morgan fingerprint density at radius 1 is 1.15 bits per heavy atom. The number of anilines is 1. The number of ether oxygens (including phenoxy) is 1. The maximum absolute atomic E-state index is 12.3. The Morgan fingerprint density at radius 2 is 1.89 bits per heavy atom. The van der Waals surface area contributed by atoms with Gasteiger partial charge in [-0.15, -0.1) is 0 Å². The number of halogens is 2. The van der Waals surface area contributed by atoms with Crippen molar-refractivity contribution >= 4 is 46.3 Å². The Kier molecular flexibility index (Phi) is 7.12. The number of nitro benzene ring substituents is 1.